The summed E-state index contributed by atoms with van der Waals surface area (Å²) in [5, 5.41) is 12.8. The predicted octanol–water partition coefficient (Wildman–Crippen LogP) is 4.04. The number of amides is 2. The van der Waals surface area contributed by atoms with E-state index in [-0.39, 0.29) is 11.7 Å². The molecule has 1 aliphatic rings. The van der Waals surface area contributed by atoms with Gasteiger partial charge in [-0.05, 0) is 51.2 Å². The summed E-state index contributed by atoms with van der Waals surface area (Å²) >= 11 is 2.81. The lowest BCUT2D eigenvalue weighted by Crippen LogP contribution is -2.19. The largest absolute Gasteiger partial charge is 0.365 e. The van der Waals surface area contributed by atoms with Crippen LogP contribution < -0.4 is 11.1 Å². The van der Waals surface area contributed by atoms with E-state index in [0.29, 0.717) is 22.3 Å². The molecule has 2 heterocycles. The average molecular weight is 456 g/mol. The van der Waals surface area contributed by atoms with Crippen LogP contribution in [0.5, 0.6) is 0 Å². The van der Waals surface area contributed by atoms with Gasteiger partial charge in [-0.3, -0.25) is 9.59 Å². The second kappa shape index (κ2) is 9.23. The van der Waals surface area contributed by atoms with Crippen molar-refractivity contribution in [2.45, 2.75) is 51.2 Å². The van der Waals surface area contributed by atoms with Gasteiger partial charge in [0.25, 0.3) is 5.91 Å². The molecule has 3 N–H and O–H groups in total. The number of anilines is 1. The van der Waals surface area contributed by atoms with Crippen LogP contribution in [0.4, 0.5) is 5.00 Å². The minimum Gasteiger partial charge on any atom is -0.365 e. The number of benzene rings is 1. The van der Waals surface area contributed by atoms with Gasteiger partial charge >= 0.3 is 0 Å². The van der Waals surface area contributed by atoms with Crippen molar-refractivity contribution < 1.29 is 9.59 Å². The van der Waals surface area contributed by atoms with Gasteiger partial charge in [0.05, 0.1) is 11.3 Å². The normalized spacial score (nSPS) is 13.1. The van der Waals surface area contributed by atoms with Gasteiger partial charge < -0.3 is 15.6 Å². The van der Waals surface area contributed by atoms with Crippen molar-refractivity contribution >= 4 is 39.9 Å². The molecule has 9 heteroatoms. The van der Waals surface area contributed by atoms with E-state index in [2.05, 4.69) is 21.6 Å². The Hall–Kier alpha value is -2.65. The number of rotatable bonds is 7. The number of hydrogen-bond donors (Lipinski definition) is 2. The van der Waals surface area contributed by atoms with Crippen molar-refractivity contribution in [3.8, 4) is 11.4 Å². The van der Waals surface area contributed by atoms with E-state index in [1.807, 2.05) is 36.6 Å². The van der Waals surface area contributed by atoms with Gasteiger partial charge in [-0.25, -0.2) is 0 Å². The molecule has 0 saturated heterocycles. The van der Waals surface area contributed by atoms with E-state index < -0.39 is 5.91 Å². The number of hydrogen-bond acceptors (Lipinski definition) is 6. The van der Waals surface area contributed by atoms with Gasteiger partial charge in [0.2, 0.25) is 5.91 Å². The monoisotopic (exact) mass is 455 g/mol. The van der Waals surface area contributed by atoms with Crippen molar-refractivity contribution in [3.63, 3.8) is 0 Å². The van der Waals surface area contributed by atoms with Gasteiger partial charge in [0, 0.05) is 17.0 Å². The zero-order valence-electron chi connectivity index (χ0n) is 17.6. The average Bonchev–Trinajstić information content (AvgIpc) is 3.32. The molecule has 0 fully saturated rings. The van der Waals surface area contributed by atoms with Gasteiger partial charge in [-0.1, -0.05) is 35.5 Å². The molecular weight excluding hydrogens is 430 g/mol. The number of fused-ring (bicyclic) bond motifs is 1. The van der Waals surface area contributed by atoms with Gasteiger partial charge in [-0.2, -0.15) is 0 Å². The number of thioether (sulfide) groups is 1. The molecule has 1 aliphatic carbocycles. The highest BCUT2D eigenvalue weighted by Crippen LogP contribution is 2.38. The maximum absolute atomic E-state index is 12.7. The van der Waals surface area contributed by atoms with Gasteiger partial charge in [0.15, 0.2) is 11.0 Å². The predicted molar refractivity (Wildman–Crippen MR) is 125 cm³/mol. The first kappa shape index (κ1) is 21.6. The highest BCUT2D eigenvalue weighted by molar-refractivity contribution is 7.99. The van der Waals surface area contributed by atoms with Crippen LogP contribution in [0.3, 0.4) is 0 Å². The number of nitrogens with zero attached hydrogens (tertiary/aromatic N) is 3. The number of carbonyl (C=O) groups is 2. The van der Waals surface area contributed by atoms with E-state index in [1.54, 1.807) is 0 Å². The van der Waals surface area contributed by atoms with E-state index in [0.717, 1.165) is 53.1 Å². The van der Waals surface area contributed by atoms with Crippen LogP contribution >= 0.6 is 23.1 Å². The number of nitrogens with one attached hydrogen (secondary N) is 1. The number of aryl methyl sites for hydroxylation is 2. The smallest absolute Gasteiger partial charge is 0.251 e. The first-order chi connectivity index (χ1) is 15.0. The standard InChI is InChI=1S/C22H25N5O2S2/c1-3-27-20(14-8-6-7-13(2)11-14)25-26-22(27)30-12-17(28)24-21-18(19(23)29)15-9-4-5-10-16(15)31-21/h6-8,11H,3-5,9-10,12H2,1-2H3,(H2,23,29)(H,24,28). The second-order valence-electron chi connectivity index (χ2n) is 7.54. The minimum atomic E-state index is -0.476. The van der Waals surface area contributed by atoms with Crippen molar-refractivity contribution in [2.24, 2.45) is 5.73 Å². The zero-order valence-corrected chi connectivity index (χ0v) is 19.2. The van der Waals surface area contributed by atoms with E-state index in [4.69, 9.17) is 5.73 Å². The first-order valence-electron chi connectivity index (χ1n) is 10.3. The molecule has 7 nitrogen and oxygen atoms in total. The summed E-state index contributed by atoms with van der Waals surface area (Å²) in [7, 11) is 0. The molecule has 0 spiro atoms. The number of aromatic nitrogens is 3. The zero-order chi connectivity index (χ0) is 22.0. The topological polar surface area (TPSA) is 103 Å². The summed E-state index contributed by atoms with van der Waals surface area (Å²) in [6, 6.07) is 8.12. The molecule has 162 valence electrons. The van der Waals surface area contributed by atoms with Crippen LogP contribution in [-0.4, -0.2) is 32.3 Å². The summed E-state index contributed by atoms with van der Waals surface area (Å²) in [6.45, 7) is 4.77. The molecule has 0 bridgehead atoms. The number of thiophene rings is 1. The minimum absolute atomic E-state index is 0.173. The lowest BCUT2D eigenvalue weighted by atomic mass is 9.95. The maximum atomic E-state index is 12.7. The molecule has 31 heavy (non-hydrogen) atoms. The van der Waals surface area contributed by atoms with Gasteiger partial charge in [0.1, 0.15) is 5.00 Å². The fraction of sp³-hybridized carbons (Fsp3) is 0.364. The third kappa shape index (κ3) is 4.52. The summed E-state index contributed by atoms with van der Waals surface area (Å²) in [5.74, 6) is 0.299. The molecule has 0 aliphatic heterocycles. The molecule has 0 saturated carbocycles. The van der Waals surface area contributed by atoms with Crippen molar-refractivity contribution in [1.29, 1.82) is 0 Å². The van der Waals surface area contributed by atoms with Crippen molar-refractivity contribution in [3.05, 3.63) is 45.8 Å². The number of nitrogens with two attached hydrogens (primary N) is 1. The molecule has 0 unspecified atom stereocenters. The molecule has 3 aromatic rings. The highest BCUT2D eigenvalue weighted by Gasteiger charge is 2.25. The Morgan fingerprint density at radius 2 is 2.06 bits per heavy atom. The summed E-state index contributed by atoms with van der Waals surface area (Å²) in [5.41, 5.74) is 9.27. The third-order valence-electron chi connectivity index (χ3n) is 5.31. The summed E-state index contributed by atoms with van der Waals surface area (Å²) in [4.78, 5) is 25.8. The SMILES string of the molecule is CCn1c(SCC(=O)Nc2sc3c(c2C(N)=O)CCCC3)nnc1-c1cccc(C)c1. The van der Waals surface area contributed by atoms with Crippen LogP contribution in [0.25, 0.3) is 11.4 Å². The number of carbonyl (C=O) groups excluding carboxylic acids is 2. The first-order valence-corrected chi connectivity index (χ1v) is 12.1. The molecule has 2 aromatic heterocycles. The Bertz CT molecular complexity index is 1140. The fourth-order valence-corrected chi connectivity index (χ4v) is 6.00. The third-order valence-corrected chi connectivity index (χ3v) is 7.49. The molecular formula is C22H25N5O2S2. The van der Waals surface area contributed by atoms with Crippen molar-refractivity contribution in [1.82, 2.24) is 14.8 Å². The van der Waals surface area contributed by atoms with Crippen LogP contribution in [0.2, 0.25) is 0 Å². The van der Waals surface area contributed by atoms with Crippen LogP contribution in [0, 0.1) is 6.92 Å². The highest BCUT2D eigenvalue weighted by atomic mass is 32.2. The van der Waals surface area contributed by atoms with Gasteiger partial charge in [-0.15, -0.1) is 21.5 Å². The second-order valence-corrected chi connectivity index (χ2v) is 9.58. The van der Waals surface area contributed by atoms with Crippen molar-refractivity contribution in [2.75, 3.05) is 11.1 Å². The Kier molecular flexibility index (Phi) is 6.43. The Labute approximate surface area is 189 Å². The van der Waals surface area contributed by atoms with Crippen LogP contribution in [0.15, 0.2) is 29.4 Å². The number of primary amides is 1. The Morgan fingerprint density at radius 1 is 1.26 bits per heavy atom. The lowest BCUT2D eigenvalue weighted by molar-refractivity contribution is -0.113. The quantitative estimate of drug-likeness (QED) is 0.523. The lowest BCUT2D eigenvalue weighted by Gasteiger charge is -2.11. The van der Waals surface area contributed by atoms with E-state index in [1.165, 1.54) is 23.1 Å². The molecule has 0 atom stereocenters. The summed E-state index contributed by atoms with van der Waals surface area (Å²) in [6.07, 6.45) is 3.93. The summed E-state index contributed by atoms with van der Waals surface area (Å²) < 4.78 is 2.01. The Balaban J connectivity index is 1.48. The van der Waals surface area contributed by atoms with Crippen LogP contribution in [0.1, 0.15) is 46.1 Å². The molecule has 4 rings (SSSR count). The maximum Gasteiger partial charge on any atom is 0.251 e. The molecule has 0 radical (unpaired) electrons. The van der Waals surface area contributed by atoms with E-state index in [9.17, 15) is 9.59 Å². The molecule has 1 aromatic carbocycles. The fourth-order valence-electron chi connectivity index (χ4n) is 3.89. The van der Waals surface area contributed by atoms with E-state index >= 15 is 0 Å². The molecule has 2 amide bonds. The van der Waals surface area contributed by atoms with Crippen LogP contribution in [-0.2, 0) is 24.2 Å². The Morgan fingerprint density at radius 3 is 2.81 bits per heavy atom.